The van der Waals surface area contributed by atoms with Crippen molar-refractivity contribution in [3.8, 4) is 0 Å². The first-order chi connectivity index (χ1) is 6.75. The molecule has 1 aromatic rings. The van der Waals surface area contributed by atoms with E-state index >= 15 is 0 Å². The van der Waals surface area contributed by atoms with Gasteiger partial charge >= 0.3 is 0 Å². The Morgan fingerprint density at radius 3 is 2.71 bits per heavy atom. The van der Waals surface area contributed by atoms with E-state index in [4.69, 9.17) is 0 Å². The van der Waals surface area contributed by atoms with Crippen LogP contribution in [0.15, 0.2) is 45.4 Å². The van der Waals surface area contributed by atoms with Crippen LogP contribution in [0.2, 0.25) is 0 Å². The Hall–Kier alpha value is -0.340. The molecule has 0 aromatic heterocycles. The second-order valence-corrected chi connectivity index (χ2v) is 5.57. The monoisotopic (exact) mass is 310 g/mol. The first-order valence-corrected chi connectivity index (χ1v) is 6.19. The van der Waals surface area contributed by atoms with Gasteiger partial charge in [0.25, 0.3) is 0 Å². The molecule has 0 saturated heterocycles. The molecule has 0 bridgehead atoms. The molecule has 14 heavy (non-hydrogen) atoms. The molecule has 0 fully saturated rings. The number of benzene rings is 1. The van der Waals surface area contributed by atoms with E-state index in [1.54, 1.807) is 0 Å². The minimum atomic E-state index is 0.595. The molecule has 2 atom stereocenters. The van der Waals surface area contributed by atoms with Crippen LogP contribution in [0.1, 0.15) is 23.0 Å². The Labute approximate surface area is 100.0 Å². The van der Waals surface area contributed by atoms with Crippen molar-refractivity contribution in [2.75, 3.05) is 0 Å². The van der Waals surface area contributed by atoms with Gasteiger partial charge in [0, 0.05) is 20.8 Å². The van der Waals surface area contributed by atoms with E-state index in [0.29, 0.717) is 11.8 Å². The quantitative estimate of drug-likeness (QED) is 0.663. The van der Waals surface area contributed by atoms with Crippen molar-refractivity contribution in [1.82, 2.24) is 0 Å². The highest BCUT2D eigenvalue weighted by atomic mass is 79.9. The highest BCUT2D eigenvalue weighted by molar-refractivity contribution is 9.12. The summed E-state index contributed by atoms with van der Waals surface area (Å²) < 4.78 is 2.38. The van der Waals surface area contributed by atoms with Crippen LogP contribution in [0.25, 0.3) is 0 Å². The van der Waals surface area contributed by atoms with Crippen molar-refractivity contribution in [2.45, 2.75) is 11.8 Å². The summed E-state index contributed by atoms with van der Waals surface area (Å²) in [5.74, 6) is 1.20. The summed E-state index contributed by atoms with van der Waals surface area (Å²) in [6.45, 7) is 0. The lowest BCUT2D eigenvalue weighted by Gasteiger charge is -2.38. The summed E-state index contributed by atoms with van der Waals surface area (Å²) >= 11 is 7.03. The summed E-state index contributed by atoms with van der Waals surface area (Å²) in [6.07, 6.45) is 6.72. The van der Waals surface area contributed by atoms with E-state index in [2.05, 4.69) is 68.3 Å². The maximum Gasteiger partial charge on any atom is 0.0178 e. The summed E-state index contributed by atoms with van der Waals surface area (Å²) in [7, 11) is 0. The highest BCUT2D eigenvalue weighted by Gasteiger charge is 2.35. The normalized spacial score (nSPS) is 27.4. The van der Waals surface area contributed by atoms with Crippen LogP contribution < -0.4 is 0 Å². The molecule has 2 aliphatic rings. The predicted octanol–water partition coefficient (Wildman–Crippen LogP) is 4.48. The minimum absolute atomic E-state index is 0.595. The maximum absolute atomic E-state index is 3.52. The number of hydrogen-bond acceptors (Lipinski definition) is 0. The van der Waals surface area contributed by atoms with Gasteiger partial charge < -0.3 is 0 Å². The molecule has 3 rings (SSSR count). The minimum Gasteiger partial charge on any atom is -0.0750 e. The fraction of sp³-hybridized carbons (Fsp3) is 0.167. The Kier molecular flexibility index (Phi) is 1.96. The molecular formula is C12H8Br2. The molecule has 0 nitrogen and oxygen atoms in total. The van der Waals surface area contributed by atoms with Crippen molar-refractivity contribution in [3.05, 3.63) is 56.5 Å². The van der Waals surface area contributed by atoms with Crippen LogP contribution in [0.5, 0.6) is 0 Å². The molecule has 0 N–H and O–H groups in total. The second-order valence-electron chi connectivity index (χ2n) is 3.74. The largest absolute Gasteiger partial charge is 0.0750 e. The van der Waals surface area contributed by atoms with E-state index in [1.807, 2.05) is 0 Å². The number of halogens is 2. The molecule has 0 heterocycles. The van der Waals surface area contributed by atoms with Gasteiger partial charge in [0.2, 0.25) is 0 Å². The van der Waals surface area contributed by atoms with E-state index in [0.717, 1.165) is 0 Å². The van der Waals surface area contributed by atoms with Crippen LogP contribution in [0.4, 0.5) is 0 Å². The van der Waals surface area contributed by atoms with Gasteiger partial charge in [-0.05, 0) is 23.3 Å². The highest BCUT2D eigenvalue weighted by Crippen LogP contribution is 2.51. The molecule has 0 spiro atoms. The zero-order valence-corrected chi connectivity index (χ0v) is 10.5. The van der Waals surface area contributed by atoms with Crippen molar-refractivity contribution in [1.29, 1.82) is 0 Å². The first-order valence-electron chi connectivity index (χ1n) is 4.60. The van der Waals surface area contributed by atoms with Gasteiger partial charge in [-0.2, -0.15) is 0 Å². The SMILES string of the molecule is BrC1=CC2c3ccc(Br)cc3[C@H]2C=C1. The number of rotatable bonds is 0. The van der Waals surface area contributed by atoms with E-state index in [-0.39, 0.29) is 0 Å². The zero-order chi connectivity index (χ0) is 9.71. The average Bonchev–Trinajstić information content (AvgIpc) is 2.16. The fourth-order valence-corrected chi connectivity index (χ4v) is 3.08. The van der Waals surface area contributed by atoms with Crippen molar-refractivity contribution >= 4 is 31.9 Å². The van der Waals surface area contributed by atoms with Crippen LogP contribution in [-0.2, 0) is 0 Å². The van der Waals surface area contributed by atoms with Crippen LogP contribution in [-0.4, -0.2) is 0 Å². The van der Waals surface area contributed by atoms with Crippen LogP contribution >= 0.6 is 31.9 Å². The van der Waals surface area contributed by atoms with Crippen LogP contribution in [0.3, 0.4) is 0 Å². The molecule has 2 aliphatic carbocycles. The summed E-state index contributed by atoms with van der Waals surface area (Å²) in [5.41, 5.74) is 2.94. The van der Waals surface area contributed by atoms with Gasteiger partial charge in [-0.25, -0.2) is 0 Å². The van der Waals surface area contributed by atoms with Gasteiger partial charge in [0.1, 0.15) is 0 Å². The number of allylic oxidation sites excluding steroid dienone is 4. The maximum atomic E-state index is 3.52. The Morgan fingerprint density at radius 1 is 1.00 bits per heavy atom. The molecule has 70 valence electrons. The predicted molar refractivity (Wildman–Crippen MR) is 65.8 cm³/mol. The van der Waals surface area contributed by atoms with Crippen LogP contribution in [0, 0.1) is 0 Å². The zero-order valence-electron chi connectivity index (χ0n) is 7.37. The third kappa shape index (κ3) is 1.17. The second kappa shape index (κ2) is 3.07. The summed E-state index contributed by atoms with van der Waals surface area (Å²) in [4.78, 5) is 0. The van der Waals surface area contributed by atoms with Gasteiger partial charge in [-0.15, -0.1) is 0 Å². The summed E-state index contributed by atoms with van der Waals surface area (Å²) in [5, 5.41) is 0. The van der Waals surface area contributed by atoms with Gasteiger partial charge in [-0.3, -0.25) is 0 Å². The average molecular weight is 312 g/mol. The third-order valence-corrected chi connectivity index (χ3v) is 3.98. The molecular weight excluding hydrogens is 304 g/mol. The van der Waals surface area contributed by atoms with E-state index in [1.165, 1.54) is 20.1 Å². The van der Waals surface area contributed by atoms with Crippen molar-refractivity contribution in [3.63, 3.8) is 0 Å². The van der Waals surface area contributed by atoms with E-state index in [9.17, 15) is 0 Å². The Morgan fingerprint density at radius 2 is 1.86 bits per heavy atom. The smallest absolute Gasteiger partial charge is 0.0178 e. The van der Waals surface area contributed by atoms with E-state index < -0.39 is 0 Å². The van der Waals surface area contributed by atoms with Gasteiger partial charge in [0.05, 0.1) is 0 Å². The van der Waals surface area contributed by atoms with Gasteiger partial charge in [-0.1, -0.05) is 56.2 Å². The standard InChI is InChI=1S/C12H8Br2/c13-7-1-3-9-11(5-7)10-4-2-8(14)6-12(9)10/h1-6,9,11H/t9-,11?/m0/s1. The lowest BCUT2D eigenvalue weighted by atomic mass is 9.66. The molecule has 0 radical (unpaired) electrons. The molecule has 1 aromatic carbocycles. The fourth-order valence-electron chi connectivity index (χ4n) is 2.27. The molecule has 0 saturated carbocycles. The topological polar surface area (TPSA) is 0 Å². The van der Waals surface area contributed by atoms with Gasteiger partial charge in [0.15, 0.2) is 0 Å². The van der Waals surface area contributed by atoms with Crippen molar-refractivity contribution < 1.29 is 0 Å². The van der Waals surface area contributed by atoms with Crippen molar-refractivity contribution in [2.24, 2.45) is 0 Å². The molecule has 2 heteroatoms. The lowest BCUT2D eigenvalue weighted by Crippen LogP contribution is -2.22. The first kappa shape index (κ1) is 8.93. The molecule has 0 aliphatic heterocycles. The Balaban J connectivity index is 2.11. The Bertz CT molecular complexity index is 457. The number of fused-ring (bicyclic) bond motifs is 4. The molecule has 1 unspecified atom stereocenters. The molecule has 0 amide bonds. The lowest BCUT2D eigenvalue weighted by molar-refractivity contribution is 0.635. The summed E-state index contributed by atoms with van der Waals surface area (Å²) in [6, 6.07) is 6.57. The third-order valence-electron chi connectivity index (χ3n) is 2.96. The number of hydrogen-bond donors (Lipinski definition) is 0.